The van der Waals surface area contributed by atoms with Gasteiger partial charge < -0.3 is 5.73 Å². The van der Waals surface area contributed by atoms with Crippen LogP contribution < -0.4 is 5.73 Å². The van der Waals surface area contributed by atoms with Crippen molar-refractivity contribution in [2.24, 2.45) is 5.73 Å². The topological polar surface area (TPSA) is 38.9 Å². The number of nitrogens with two attached hydrogens (primary N) is 1. The Morgan fingerprint density at radius 1 is 1.62 bits per heavy atom. The molecule has 1 heterocycles. The van der Waals surface area contributed by atoms with Crippen LogP contribution in [0.1, 0.15) is 5.01 Å². The highest BCUT2D eigenvalue weighted by molar-refractivity contribution is 9.11. The first-order chi connectivity index (χ1) is 5.89. The van der Waals surface area contributed by atoms with Crippen LogP contribution in [-0.2, 0) is 6.42 Å². The molecule has 1 rings (SSSR count). The van der Waals surface area contributed by atoms with Gasteiger partial charge in [-0.3, -0.25) is 0 Å². The molecule has 0 spiro atoms. The van der Waals surface area contributed by atoms with Crippen LogP contribution in [0.3, 0.4) is 0 Å². The second-order valence-corrected chi connectivity index (χ2v) is 4.90. The van der Waals surface area contributed by atoms with Gasteiger partial charge in [0.05, 0.1) is 15.0 Å². The second kappa shape index (κ2) is 3.93. The molecule has 2 nitrogen and oxygen atoms in total. The molecule has 0 radical (unpaired) electrons. The summed E-state index contributed by atoms with van der Waals surface area (Å²) in [7, 11) is 0. The Labute approximate surface area is 85.1 Å². The monoisotopic (exact) mass is 274 g/mol. The maximum absolute atomic E-state index is 12.0. The lowest BCUT2D eigenvalue weighted by Gasteiger charge is -2.13. The molecule has 13 heavy (non-hydrogen) atoms. The highest BCUT2D eigenvalue weighted by Crippen LogP contribution is 2.25. The van der Waals surface area contributed by atoms with Crippen LogP contribution in [-0.4, -0.2) is 17.2 Å². The molecule has 0 aromatic carbocycles. The Balaban J connectivity index is 2.60. The van der Waals surface area contributed by atoms with E-state index < -0.39 is 12.2 Å². The average Bonchev–Trinajstić information content (AvgIpc) is 2.33. The summed E-state index contributed by atoms with van der Waals surface area (Å²) in [5.41, 5.74) is 4.92. The van der Waals surface area contributed by atoms with Gasteiger partial charge in [-0.25, -0.2) is 4.98 Å². The first kappa shape index (κ1) is 10.9. The number of nitrogens with zero attached hydrogens (tertiary/aromatic N) is 1. The van der Waals surface area contributed by atoms with Crippen molar-refractivity contribution < 1.29 is 13.2 Å². The Kier molecular flexibility index (Phi) is 3.31. The maximum atomic E-state index is 12.0. The van der Waals surface area contributed by atoms with Gasteiger partial charge in [-0.2, -0.15) is 13.2 Å². The molecule has 2 N–H and O–H groups in total. The molecule has 0 saturated carbocycles. The fraction of sp³-hybridized carbons (Fsp3) is 0.500. The molecule has 74 valence electrons. The van der Waals surface area contributed by atoms with Gasteiger partial charge in [-0.05, 0) is 15.9 Å². The summed E-state index contributed by atoms with van der Waals surface area (Å²) >= 11 is 4.26. The molecule has 0 aliphatic heterocycles. The summed E-state index contributed by atoms with van der Waals surface area (Å²) in [6.07, 6.45) is -3.15. The van der Waals surface area contributed by atoms with Crippen molar-refractivity contribution in [2.75, 3.05) is 0 Å². The van der Waals surface area contributed by atoms with E-state index in [1.165, 1.54) is 6.20 Å². The lowest BCUT2D eigenvalue weighted by Crippen LogP contribution is -2.39. The van der Waals surface area contributed by atoms with E-state index in [0.29, 0.717) is 8.79 Å². The lowest BCUT2D eigenvalue weighted by molar-refractivity contribution is -0.147. The SMILES string of the molecule is NC(Cc1ncc(Br)s1)C(F)(F)F. The number of halogens is 4. The van der Waals surface area contributed by atoms with Crippen LogP contribution in [0.4, 0.5) is 13.2 Å². The first-order valence-electron chi connectivity index (χ1n) is 3.32. The standard InChI is InChI=1S/C6H6BrF3N2S/c7-4-2-12-5(13-4)1-3(11)6(8,9)10/h2-3H,1,11H2. The zero-order chi connectivity index (χ0) is 10.1. The maximum Gasteiger partial charge on any atom is 0.404 e. The normalized spacial score (nSPS) is 14.5. The number of rotatable bonds is 2. The molecule has 1 unspecified atom stereocenters. The highest BCUT2D eigenvalue weighted by Gasteiger charge is 2.37. The quantitative estimate of drug-likeness (QED) is 0.899. The Hall–Kier alpha value is -0.140. The number of aromatic nitrogens is 1. The molecule has 0 aliphatic carbocycles. The number of alkyl halides is 3. The van der Waals surface area contributed by atoms with Crippen LogP contribution in [0, 0.1) is 0 Å². The van der Waals surface area contributed by atoms with Gasteiger partial charge in [0.15, 0.2) is 0 Å². The van der Waals surface area contributed by atoms with E-state index in [0.717, 1.165) is 11.3 Å². The van der Waals surface area contributed by atoms with E-state index in [9.17, 15) is 13.2 Å². The van der Waals surface area contributed by atoms with Crippen molar-refractivity contribution in [3.05, 3.63) is 15.0 Å². The molecule has 1 atom stereocenters. The van der Waals surface area contributed by atoms with Crippen LogP contribution in [0.25, 0.3) is 0 Å². The number of hydrogen-bond donors (Lipinski definition) is 1. The van der Waals surface area contributed by atoms with Gasteiger partial charge in [0, 0.05) is 6.42 Å². The van der Waals surface area contributed by atoms with Gasteiger partial charge in [-0.15, -0.1) is 11.3 Å². The van der Waals surface area contributed by atoms with E-state index in [4.69, 9.17) is 5.73 Å². The van der Waals surface area contributed by atoms with Crippen LogP contribution in [0.5, 0.6) is 0 Å². The largest absolute Gasteiger partial charge is 0.404 e. The fourth-order valence-electron chi connectivity index (χ4n) is 0.686. The van der Waals surface area contributed by atoms with Gasteiger partial charge >= 0.3 is 6.18 Å². The van der Waals surface area contributed by atoms with E-state index in [-0.39, 0.29) is 6.42 Å². The first-order valence-corrected chi connectivity index (χ1v) is 4.93. The Morgan fingerprint density at radius 2 is 2.23 bits per heavy atom. The summed E-state index contributed by atoms with van der Waals surface area (Å²) in [4.78, 5) is 3.76. The molecule has 0 saturated heterocycles. The molecule has 0 bridgehead atoms. The highest BCUT2D eigenvalue weighted by atomic mass is 79.9. The molecule has 0 fully saturated rings. The summed E-state index contributed by atoms with van der Waals surface area (Å²) in [6, 6.07) is -1.83. The summed E-state index contributed by atoms with van der Waals surface area (Å²) in [6.45, 7) is 0. The molecule has 1 aromatic rings. The van der Waals surface area contributed by atoms with Crippen molar-refractivity contribution in [3.63, 3.8) is 0 Å². The van der Waals surface area contributed by atoms with Crippen LogP contribution in [0.15, 0.2) is 9.98 Å². The van der Waals surface area contributed by atoms with Crippen LogP contribution in [0.2, 0.25) is 0 Å². The third kappa shape index (κ3) is 3.24. The minimum atomic E-state index is -4.35. The number of hydrogen-bond acceptors (Lipinski definition) is 3. The van der Waals surface area contributed by atoms with Crippen molar-refractivity contribution in [1.29, 1.82) is 0 Å². The van der Waals surface area contributed by atoms with Gasteiger partial charge in [-0.1, -0.05) is 0 Å². The minimum Gasteiger partial charge on any atom is -0.320 e. The van der Waals surface area contributed by atoms with Crippen molar-refractivity contribution in [2.45, 2.75) is 18.6 Å². The van der Waals surface area contributed by atoms with E-state index in [1.807, 2.05) is 0 Å². The lowest BCUT2D eigenvalue weighted by atomic mass is 10.2. The Bertz CT molecular complexity index is 286. The zero-order valence-electron chi connectivity index (χ0n) is 6.31. The van der Waals surface area contributed by atoms with Crippen LogP contribution >= 0.6 is 27.3 Å². The number of thiazole rings is 1. The third-order valence-corrected chi connectivity index (χ3v) is 2.84. The average molecular weight is 275 g/mol. The van der Waals surface area contributed by atoms with E-state index in [1.54, 1.807) is 0 Å². The van der Waals surface area contributed by atoms with Crippen molar-refractivity contribution in [3.8, 4) is 0 Å². The van der Waals surface area contributed by atoms with Crippen molar-refractivity contribution >= 4 is 27.3 Å². The third-order valence-electron chi connectivity index (χ3n) is 1.34. The van der Waals surface area contributed by atoms with Crippen molar-refractivity contribution in [1.82, 2.24) is 4.98 Å². The molecule has 0 aliphatic rings. The van der Waals surface area contributed by atoms with E-state index in [2.05, 4.69) is 20.9 Å². The smallest absolute Gasteiger partial charge is 0.320 e. The molecular formula is C6H6BrF3N2S. The summed E-state index contributed by atoms with van der Waals surface area (Å²) in [5, 5.41) is 0.386. The zero-order valence-corrected chi connectivity index (χ0v) is 8.71. The predicted molar refractivity (Wildman–Crippen MR) is 47.5 cm³/mol. The fourth-order valence-corrected chi connectivity index (χ4v) is 2.05. The minimum absolute atomic E-state index is 0.264. The van der Waals surface area contributed by atoms with E-state index >= 15 is 0 Å². The predicted octanol–water partition coefficient (Wildman–Crippen LogP) is 2.34. The van der Waals surface area contributed by atoms with Gasteiger partial charge in [0.1, 0.15) is 6.04 Å². The van der Waals surface area contributed by atoms with Gasteiger partial charge in [0.2, 0.25) is 0 Å². The molecule has 0 amide bonds. The summed E-state index contributed by atoms with van der Waals surface area (Å²) < 4.78 is 36.7. The molecule has 1 aromatic heterocycles. The second-order valence-electron chi connectivity index (χ2n) is 2.41. The Morgan fingerprint density at radius 3 is 2.62 bits per heavy atom. The van der Waals surface area contributed by atoms with Gasteiger partial charge in [0.25, 0.3) is 0 Å². The molecular weight excluding hydrogens is 269 g/mol. The summed E-state index contributed by atoms with van der Waals surface area (Å²) in [5.74, 6) is 0. The molecule has 7 heteroatoms.